The van der Waals surface area contributed by atoms with Crippen LogP contribution in [0.15, 0.2) is 11.0 Å². The van der Waals surface area contributed by atoms with Gasteiger partial charge in [0.1, 0.15) is 12.4 Å². The molecule has 8 nitrogen and oxygen atoms in total. The Morgan fingerprint density at radius 3 is 2.91 bits per heavy atom. The van der Waals surface area contributed by atoms with Crippen molar-refractivity contribution in [1.29, 1.82) is 0 Å². The number of nitrogen functional groups attached to an aromatic ring is 1. The lowest BCUT2D eigenvalue weighted by Gasteiger charge is -2.24. The van der Waals surface area contributed by atoms with Gasteiger partial charge in [-0.2, -0.15) is 0 Å². The molecular formula is C15H23N5O3. The Morgan fingerprint density at radius 1 is 1.43 bits per heavy atom. The fourth-order valence-corrected chi connectivity index (χ4v) is 3.13. The highest BCUT2D eigenvalue weighted by Gasteiger charge is 2.31. The number of hydrogen-bond donors (Lipinski definition) is 3. The van der Waals surface area contributed by atoms with Crippen LogP contribution in [0.2, 0.25) is 0 Å². The summed E-state index contributed by atoms with van der Waals surface area (Å²) in [5, 5.41) is 12.0. The highest BCUT2D eigenvalue weighted by Crippen LogP contribution is 2.32. The van der Waals surface area contributed by atoms with Crippen LogP contribution in [0.25, 0.3) is 0 Å². The molecule has 0 unspecified atom stereocenters. The van der Waals surface area contributed by atoms with Crippen LogP contribution in [0, 0.1) is 5.92 Å². The number of anilines is 2. The first-order valence-electron chi connectivity index (χ1n) is 8.09. The first-order valence-corrected chi connectivity index (χ1v) is 8.09. The van der Waals surface area contributed by atoms with E-state index in [1.807, 2.05) is 0 Å². The van der Waals surface area contributed by atoms with Crippen molar-refractivity contribution in [2.75, 3.05) is 30.7 Å². The van der Waals surface area contributed by atoms with E-state index in [4.69, 9.17) is 10.8 Å². The molecule has 0 amide bonds. The Morgan fingerprint density at radius 2 is 2.22 bits per heavy atom. The van der Waals surface area contributed by atoms with Gasteiger partial charge in [-0.15, -0.1) is 0 Å². The third-order valence-corrected chi connectivity index (χ3v) is 4.57. The van der Waals surface area contributed by atoms with Gasteiger partial charge in [-0.1, -0.05) is 0 Å². The molecule has 0 aromatic carbocycles. The maximum atomic E-state index is 12.3. The number of carboxylic acid groups (broad SMARTS) is 1. The molecule has 1 aromatic heterocycles. The molecule has 1 atom stereocenters. The van der Waals surface area contributed by atoms with Crippen molar-refractivity contribution < 1.29 is 9.90 Å². The largest absolute Gasteiger partial charge is 0.480 e. The van der Waals surface area contributed by atoms with Crippen molar-refractivity contribution in [1.82, 2.24) is 14.5 Å². The summed E-state index contributed by atoms with van der Waals surface area (Å²) in [4.78, 5) is 29.6. The van der Waals surface area contributed by atoms with Crippen LogP contribution in [0.5, 0.6) is 0 Å². The standard InChI is InChI=1S/C15H23N5O3/c16-12-7-18-14(15(23)20(12)9-13(21)22)17-6-11-2-1-5-19(11)8-10-3-4-10/h7,10-11H,1-6,8-9,16H2,(H,17,18)(H,21,22)/t11-/m0/s1. The summed E-state index contributed by atoms with van der Waals surface area (Å²) < 4.78 is 1.02. The lowest BCUT2D eigenvalue weighted by atomic mass is 10.2. The first-order chi connectivity index (χ1) is 11.0. The van der Waals surface area contributed by atoms with Crippen LogP contribution >= 0.6 is 0 Å². The van der Waals surface area contributed by atoms with Crippen molar-refractivity contribution in [3.63, 3.8) is 0 Å². The molecule has 1 saturated carbocycles. The average Bonchev–Trinajstić information content (AvgIpc) is 3.21. The zero-order chi connectivity index (χ0) is 16.4. The summed E-state index contributed by atoms with van der Waals surface area (Å²) in [6, 6.07) is 0.405. The number of aromatic nitrogens is 2. The SMILES string of the molecule is Nc1cnc(NC[C@@H]2CCCN2CC2CC2)c(=O)n1CC(=O)O. The fraction of sp³-hybridized carbons (Fsp3) is 0.667. The molecular weight excluding hydrogens is 298 g/mol. The molecule has 3 rings (SSSR count). The zero-order valence-corrected chi connectivity index (χ0v) is 13.1. The van der Waals surface area contributed by atoms with Gasteiger partial charge < -0.3 is 16.2 Å². The van der Waals surface area contributed by atoms with E-state index < -0.39 is 18.1 Å². The van der Waals surface area contributed by atoms with Gasteiger partial charge in [-0.25, -0.2) is 4.98 Å². The van der Waals surface area contributed by atoms with Gasteiger partial charge >= 0.3 is 5.97 Å². The van der Waals surface area contributed by atoms with Crippen molar-refractivity contribution in [3.8, 4) is 0 Å². The highest BCUT2D eigenvalue weighted by atomic mass is 16.4. The Balaban J connectivity index is 1.65. The van der Waals surface area contributed by atoms with E-state index >= 15 is 0 Å². The number of nitrogens with two attached hydrogens (primary N) is 1. The molecule has 1 aromatic rings. The number of likely N-dealkylation sites (tertiary alicyclic amines) is 1. The van der Waals surface area contributed by atoms with Crippen LogP contribution in [-0.2, 0) is 11.3 Å². The molecule has 126 valence electrons. The topological polar surface area (TPSA) is 113 Å². The number of nitrogens with one attached hydrogen (secondary N) is 1. The van der Waals surface area contributed by atoms with Crippen LogP contribution < -0.4 is 16.6 Å². The van der Waals surface area contributed by atoms with Crippen molar-refractivity contribution in [3.05, 3.63) is 16.6 Å². The van der Waals surface area contributed by atoms with Crippen LogP contribution in [-0.4, -0.2) is 51.2 Å². The monoisotopic (exact) mass is 321 g/mol. The number of rotatable bonds is 7. The van der Waals surface area contributed by atoms with Gasteiger partial charge in [0, 0.05) is 19.1 Å². The Labute approximate surface area is 134 Å². The average molecular weight is 321 g/mol. The second-order valence-electron chi connectivity index (χ2n) is 6.43. The number of hydrogen-bond acceptors (Lipinski definition) is 6. The molecule has 1 aliphatic heterocycles. The first kappa shape index (κ1) is 15.8. The Kier molecular flexibility index (Phi) is 4.51. The van der Waals surface area contributed by atoms with Gasteiger partial charge in [0.25, 0.3) is 5.56 Å². The van der Waals surface area contributed by atoms with Gasteiger partial charge in [-0.3, -0.25) is 19.1 Å². The second-order valence-corrected chi connectivity index (χ2v) is 6.43. The number of carbonyl (C=O) groups is 1. The maximum absolute atomic E-state index is 12.3. The van der Waals surface area contributed by atoms with Crippen LogP contribution in [0.3, 0.4) is 0 Å². The minimum Gasteiger partial charge on any atom is -0.480 e. The van der Waals surface area contributed by atoms with E-state index in [1.165, 1.54) is 25.5 Å². The van der Waals surface area contributed by atoms with Crippen molar-refractivity contribution >= 4 is 17.6 Å². The van der Waals surface area contributed by atoms with Crippen LogP contribution in [0.1, 0.15) is 25.7 Å². The molecule has 2 fully saturated rings. The van der Waals surface area contributed by atoms with E-state index in [9.17, 15) is 9.59 Å². The number of aliphatic carboxylic acids is 1. The normalized spacial score (nSPS) is 21.5. The van der Waals surface area contributed by atoms with E-state index in [2.05, 4.69) is 15.2 Å². The van der Waals surface area contributed by atoms with Gasteiger partial charge in [0.05, 0.1) is 6.20 Å². The van der Waals surface area contributed by atoms with Gasteiger partial charge in [-0.05, 0) is 38.1 Å². The summed E-state index contributed by atoms with van der Waals surface area (Å²) in [5.41, 5.74) is 5.15. The Bertz CT molecular complexity index is 640. The molecule has 1 saturated heterocycles. The number of carboxylic acids is 1. The molecule has 2 heterocycles. The third-order valence-electron chi connectivity index (χ3n) is 4.57. The summed E-state index contributed by atoms with van der Waals surface area (Å²) >= 11 is 0. The summed E-state index contributed by atoms with van der Waals surface area (Å²) in [6.45, 7) is 2.44. The predicted molar refractivity (Wildman–Crippen MR) is 86.4 cm³/mol. The molecule has 8 heteroatoms. The van der Waals surface area contributed by atoms with Crippen LogP contribution in [0.4, 0.5) is 11.6 Å². The molecule has 0 bridgehead atoms. The molecule has 0 spiro atoms. The van der Waals surface area contributed by atoms with Gasteiger partial charge in [0.2, 0.25) is 0 Å². The summed E-state index contributed by atoms with van der Waals surface area (Å²) in [7, 11) is 0. The summed E-state index contributed by atoms with van der Waals surface area (Å²) in [6.07, 6.45) is 6.27. The van der Waals surface area contributed by atoms with Gasteiger partial charge in [0.15, 0.2) is 5.82 Å². The van der Waals surface area contributed by atoms with Crippen molar-refractivity contribution in [2.24, 2.45) is 5.92 Å². The minimum atomic E-state index is -1.11. The molecule has 0 radical (unpaired) electrons. The van der Waals surface area contributed by atoms with E-state index in [-0.39, 0.29) is 11.6 Å². The smallest absolute Gasteiger partial charge is 0.323 e. The Hall–Kier alpha value is -2.09. The predicted octanol–water partition coefficient (Wildman–Crippen LogP) is 0.196. The third kappa shape index (κ3) is 3.82. The van der Waals surface area contributed by atoms with E-state index in [0.717, 1.165) is 30.0 Å². The fourth-order valence-electron chi connectivity index (χ4n) is 3.13. The molecule has 23 heavy (non-hydrogen) atoms. The minimum absolute atomic E-state index is 0.0548. The summed E-state index contributed by atoms with van der Waals surface area (Å²) in [5.74, 6) is -0.0432. The highest BCUT2D eigenvalue weighted by molar-refractivity contribution is 5.67. The molecule has 4 N–H and O–H groups in total. The second kappa shape index (κ2) is 6.57. The number of nitrogens with zero attached hydrogens (tertiary/aromatic N) is 3. The maximum Gasteiger partial charge on any atom is 0.323 e. The van der Waals surface area contributed by atoms with E-state index in [1.54, 1.807) is 0 Å². The van der Waals surface area contributed by atoms with E-state index in [0.29, 0.717) is 12.6 Å². The quantitative estimate of drug-likeness (QED) is 0.657. The zero-order valence-electron chi connectivity index (χ0n) is 13.1. The molecule has 1 aliphatic carbocycles. The molecule has 2 aliphatic rings. The van der Waals surface area contributed by atoms with Crippen molar-refractivity contribution in [2.45, 2.75) is 38.3 Å². The lowest BCUT2D eigenvalue weighted by Crippen LogP contribution is -2.38. The lowest BCUT2D eigenvalue weighted by molar-refractivity contribution is -0.137.